The predicted molar refractivity (Wildman–Crippen MR) is 95.9 cm³/mol. The van der Waals surface area contributed by atoms with E-state index >= 15 is 0 Å². The highest BCUT2D eigenvalue weighted by molar-refractivity contribution is 5.86. The van der Waals surface area contributed by atoms with E-state index in [0.717, 1.165) is 28.5 Å². The number of nitrogens with zero attached hydrogens (tertiary/aromatic N) is 1. The van der Waals surface area contributed by atoms with E-state index in [0.29, 0.717) is 6.42 Å². The minimum atomic E-state index is -0.264. The van der Waals surface area contributed by atoms with Crippen LogP contribution in [0.5, 0.6) is 0 Å². The Morgan fingerprint density at radius 3 is 2.68 bits per heavy atom. The first-order chi connectivity index (χ1) is 12.1. The number of hydrogen-bond acceptors (Lipinski definition) is 2. The van der Waals surface area contributed by atoms with Gasteiger partial charge in [-0.15, -0.1) is 0 Å². The average Bonchev–Trinajstić information content (AvgIpc) is 3.03. The molecule has 1 saturated heterocycles. The molecule has 0 unspecified atom stereocenters. The quantitative estimate of drug-likeness (QED) is 0.784. The zero-order valence-electron chi connectivity index (χ0n) is 14.0. The molecule has 0 aliphatic carbocycles. The van der Waals surface area contributed by atoms with Gasteiger partial charge in [0, 0.05) is 30.0 Å². The van der Waals surface area contributed by atoms with Crippen molar-refractivity contribution in [2.45, 2.75) is 31.7 Å². The van der Waals surface area contributed by atoms with Crippen molar-refractivity contribution in [2.75, 3.05) is 0 Å². The molecular weight excluding hydrogens is 315 g/mol. The van der Waals surface area contributed by atoms with Crippen molar-refractivity contribution < 1.29 is 9.18 Å². The minimum absolute atomic E-state index is 0.0302. The van der Waals surface area contributed by atoms with Gasteiger partial charge in [-0.05, 0) is 42.5 Å². The molecule has 4 rings (SSSR count). The van der Waals surface area contributed by atoms with Crippen molar-refractivity contribution in [3.05, 3.63) is 77.4 Å². The summed E-state index contributed by atoms with van der Waals surface area (Å²) in [7, 11) is 0. The lowest BCUT2D eigenvalue weighted by Crippen LogP contribution is -2.32. The molecule has 2 atom stereocenters. The molecule has 4 heteroatoms. The molecule has 1 amide bonds. The van der Waals surface area contributed by atoms with E-state index in [4.69, 9.17) is 0 Å². The second-order valence-electron chi connectivity index (χ2n) is 6.66. The van der Waals surface area contributed by atoms with E-state index in [1.807, 2.05) is 12.3 Å². The summed E-state index contributed by atoms with van der Waals surface area (Å²) in [6.45, 7) is 2.06. The number of halogens is 1. The average molecular weight is 334 g/mol. The third kappa shape index (κ3) is 3.00. The van der Waals surface area contributed by atoms with Gasteiger partial charge in [0.2, 0.25) is 5.91 Å². The number of carbonyl (C=O) groups is 1. The van der Waals surface area contributed by atoms with Crippen LogP contribution in [-0.4, -0.2) is 16.9 Å². The Labute approximate surface area is 145 Å². The van der Waals surface area contributed by atoms with E-state index in [-0.39, 0.29) is 23.7 Å². The highest BCUT2D eigenvalue weighted by atomic mass is 19.1. The largest absolute Gasteiger partial charge is 0.352 e. The third-order valence-corrected chi connectivity index (χ3v) is 4.91. The summed E-state index contributed by atoms with van der Waals surface area (Å²) in [5.74, 6) is -0.300. The molecule has 1 aromatic heterocycles. The molecule has 1 fully saturated rings. The van der Waals surface area contributed by atoms with Gasteiger partial charge in [0.15, 0.2) is 0 Å². The Morgan fingerprint density at radius 1 is 1.16 bits per heavy atom. The molecule has 0 spiro atoms. The first kappa shape index (κ1) is 15.8. The van der Waals surface area contributed by atoms with Crippen LogP contribution in [0.1, 0.15) is 35.6 Å². The first-order valence-electron chi connectivity index (χ1n) is 8.52. The fraction of sp³-hybridized carbons (Fsp3) is 0.238. The van der Waals surface area contributed by atoms with Crippen LogP contribution in [0.3, 0.4) is 0 Å². The number of hydrogen-bond donors (Lipinski definition) is 1. The Hall–Kier alpha value is -2.75. The second-order valence-corrected chi connectivity index (χ2v) is 6.66. The lowest BCUT2D eigenvalue weighted by atomic mass is 9.85. The van der Waals surface area contributed by atoms with Crippen molar-refractivity contribution in [3.8, 4) is 0 Å². The van der Waals surface area contributed by atoms with Gasteiger partial charge in [-0.25, -0.2) is 4.39 Å². The number of aromatic nitrogens is 1. The minimum Gasteiger partial charge on any atom is -0.352 e. The SMILES string of the molecule is Cc1ccc2c([C@H](c3ccc(F)cc3)[C@H]3CCC(=O)N3)nccc2c1. The number of pyridine rings is 1. The van der Waals surface area contributed by atoms with Crippen molar-refractivity contribution in [1.29, 1.82) is 0 Å². The number of carbonyl (C=O) groups excluding carboxylic acids is 1. The summed E-state index contributed by atoms with van der Waals surface area (Å²) in [5.41, 5.74) is 3.09. The van der Waals surface area contributed by atoms with Crippen LogP contribution in [0.4, 0.5) is 4.39 Å². The van der Waals surface area contributed by atoms with Gasteiger partial charge >= 0.3 is 0 Å². The zero-order chi connectivity index (χ0) is 17.4. The molecule has 2 aromatic carbocycles. The van der Waals surface area contributed by atoms with E-state index in [1.54, 1.807) is 12.1 Å². The van der Waals surface area contributed by atoms with E-state index in [9.17, 15) is 9.18 Å². The lowest BCUT2D eigenvalue weighted by molar-refractivity contribution is -0.119. The molecule has 3 nitrogen and oxygen atoms in total. The maximum atomic E-state index is 13.4. The van der Waals surface area contributed by atoms with Gasteiger partial charge in [0.25, 0.3) is 0 Å². The fourth-order valence-electron chi connectivity index (χ4n) is 3.71. The maximum absolute atomic E-state index is 13.4. The Balaban J connectivity index is 1.88. The predicted octanol–water partition coefficient (Wildman–Crippen LogP) is 4.09. The molecular formula is C21H19FN2O. The van der Waals surface area contributed by atoms with E-state index < -0.39 is 0 Å². The Bertz CT molecular complexity index is 936. The van der Waals surface area contributed by atoms with Crippen LogP contribution in [0.25, 0.3) is 10.8 Å². The van der Waals surface area contributed by atoms with Gasteiger partial charge in [-0.3, -0.25) is 9.78 Å². The summed E-state index contributed by atoms with van der Waals surface area (Å²) in [6, 6.07) is 14.8. The third-order valence-electron chi connectivity index (χ3n) is 4.91. The zero-order valence-corrected chi connectivity index (χ0v) is 14.0. The molecule has 0 saturated carbocycles. The summed E-state index contributed by atoms with van der Waals surface area (Å²) >= 11 is 0. The van der Waals surface area contributed by atoms with Crippen molar-refractivity contribution in [3.63, 3.8) is 0 Å². The standard InChI is InChI=1S/C21H19FN2O/c1-13-2-7-17-15(12-13)10-11-23-21(17)20(18-8-9-19(25)24-18)14-3-5-16(22)6-4-14/h2-7,10-12,18,20H,8-9H2,1H3,(H,24,25)/t18-,20-/m1/s1. The number of nitrogens with one attached hydrogen (secondary N) is 1. The van der Waals surface area contributed by atoms with Crippen LogP contribution in [-0.2, 0) is 4.79 Å². The van der Waals surface area contributed by atoms with Gasteiger partial charge in [-0.2, -0.15) is 0 Å². The van der Waals surface area contributed by atoms with Crippen molar-refractivity contribution in [1.82, 2.24) is 10.3 Å². The Kier molecular flexibility index (Phi) is 3.96. The first-order valence-corrected chi connectivity index (χ1v) is 8.52. The topological polar surface area (TPSA) is 42.0 Å². The summed E-state index contributed by atoms with van der Waals surface area (Å²) < 4.78 is 13.4. The molecule has 1 N–H and O–H groups in total. The lowest BCUT2D eigenvalue weighted by Gasteiger charge is -2.25. The second kappa shape index (κ2) is 6.28. The highest BCUT2D eigenvalue weighted by Gasteiger charge is 2.32. The monoisotopic (exact) mass is 334 g/mol. The molecule has 1 aliphatic heterocycles. The van der Waals surface area contributed by atoms with Gasteiger partial charge < -0.3 is 5.32 Å². The van der Waals surface area contributed by atoms with Crippen LogP contribution in [0.2, 0.25) is 0 Å². The summed E-state index contributed by atoms with van der Waals surface area (Å²) in [6.07, 6.45) is 3.08. The molecule has 3 aromatic rings. The maximum Gasteiger partial charge on any atom is 0.220 e. The number of rotatable bonds is 3. The van der Waals surface area contributed by atoms with Crippen molar-refractivity contribution >= 4 is 16.7 Å². The Morgan fingerprint density at radius 2 is 1.96 bits per heavy atom. The smallest absolute Gasteiger partial charge is 0.220 e. The normalized spacial score (nSPS) is 18.3. The molecule has 1 aliphatic rings. The molecule has 126 valence electrons. The number of amides is 1. The molecule has 0 bridgehead atoms. The van der Waals surface area contributed by atoms with Gasteiger partial charge in [0.05, 0.1) is 5.69 Å². The number of benzene rings is 2. The van der Waals surface area contributed by atoms with E-state index in [1.165, 1.54) is 17.7 Å². The van der Waals surface area contributed by atoms with Crippen LogP contribution >= 0.6 is 0 Å². The number of fused-ring (bicyclic) bond motifs is 1. The van der Waals surface area contributed by atoms with Gasteiger partial charge in [-0.1, -0.05) is 35.9 Å². The number of aryl methyl sites for hydroxylation is 1. The summed E-state index contributed by atoms with van der Waals surface area (Å²) in [4.78, 5) is 16.5. The molecule has 2 heterocycles. The van der Waals surface area contributed by atoms with Crippen LogP contribution < -0.4 is 5.32 Å². The van der Waals surface area contributed by atoms with Gasteiger partial charge in [0.1, 0.15) is 5.82 Å². The van der Waals surface area contributed by atoms with Crippen molar-refractivity contribution in [2.24, 2.45) is 0 Å². The van der Waals surface area contributed by atoms with Crippen LogP contribution in [0, 0.1) is 12.7 Å². The fourth-order valence-corrected chi connectivity index (χ4v) is 3.71. The molecule has 25 heavy (non-hydrogen) atoms. The van der Waals surface area contributed by atoms with Crippen LogP contribution in [0.15, 0.2) is 54.7 Å². The summed E-state index contributed by atoms with van der Waals surface area (Å²) in [5, 5.41) is 5.27. The highest BCUT2D eigenvalue weighted by Crippen LogP contribution is 2.35. The molecule has 0 radical (unpaired) electrons. The van der Waals surface area contributed by atoms with E-state index in [2.05, 4.69) is 35.4 Å².